The highest BCUT2D eigenvalue weighted by molar-refractivity contribution is 6.30. The smallest absolute Gasteiger partial charge is 0.335 e. The molecule has 2 aromatic carbocycles. The van der Waals surface area contributed by atoms with E-state index in [9.17, 15) is 14.7 Å². The first-order valence-electron chi connectivity index (χ1n) is 8.14. The molecule has 0 aromatic heterocycles. The Morgan fingerprint density at radius 1 is 0.960 bits per heavy atom. The lowest BCUT2D eigenvalue weighted by atomic mass is 10.0. The summed E-state index contributed by atoms with van der Waals surface area (Å²) in [6.45, 7) is 2.73. The second-order valence-electron chi connectivity index (χ2n) is 5.98. The number of piperazine rings is 1. The maximum absolute atomic E-state index is 12.5. The quantitative estimate of drug-likeness (QED) is 0.912. The number of halogens is 1. The largest absolute Gasteiger partial charge is 0.478 e. The summed E-state index contributed by atoms with van der Waals surface area (Å²) in [4.78, 5) is 27.8. The number of hydrogen-bond acceptors (Lipinski definition) is 3. The highest BCUT2D eigenvalue weighted by Gasteiger charge is 2.22. The van der Waals surface area contributed by atoms with Gasteiger partial charge in [-0.15, -0.1) is 0 Å². The molecule has 1 N–H and O–H groups in total. The molecule has 1 aliphatic heterocycles. The van der Waals surface area contributed by atoms with Crippen molar-refractivity contribution in [1.29, 1.82) is 0 Å². The van der Waals surface area contributed by atoms with Gasteiger partial charge in [0.25, 0.3) is 0 Å². The highest BCUT2D eigenvalue weighted by Crippen LogP contribution is 2.20. The number of hydrogen-bond donors (Lipinski definition) is 1. The van der Waals surface area contributed by atoms with Crippen molar-refractivity contribution in [3.63, 3.8) is 0 Å². The molecule has 0 spiro atoms. The van der Waals surface area contributed by atoms with Crippen molar-refractivity contribution in [2.75, 3.05) is 31.1 Å². The van der Waals surface area contributed by atoms with Gasteiger partial charge in [0.1, 0.15) is 0 Å². The molecule has 6 heteroatoms. The highest BCUT2D eigenvalue weighted by atomic mass is 35.5. The zero-order valence-electron chi connectivity index (χ0n) is 13.7. The van der Waals surface area contributed by atoms with Crippen LogP contribution >= 0.6 is 11.6 Å². The molecule has 0 radical (unpaired) electrons. The van der Waals surface area contributed by atoms with E-state index in [0.29, 0.717) is 23.7 Å². The summed E-state index contributed by atoms with van der Waals surface area (Å²) in [5.41, 5.74) is 1.84. The summed E-state index contributed by atoms with van der Waals surface area (Å²) in [7, 11) is 0. The number of benzene rings is 2. The Kier molecular flexibility index (Phi) is 5.24. The number of amides is 1. The average Bonchev–Trinajstić information content (AvgIpc) is 2.63. The van der Waals surface area contributed by atoms with Crippen LogP contribution < -0.4 is 4.90 Å². The van der Waals surface area contributed by atoms with E-state index in [0.717, 1.165) is 18.8 Å². The minimum absolute atomic E-state index is 0.0375. The zero-order valence-corrected chi connectivity index (χ0v) is 14.4. The van der Waals surface area contributed by atoms with Gasteiger partial charge in [0.05, 0.1) is 12.0 Å². The number of carboxylic acids is 1. The van der Waals surface area contributed by atoms with E-state index >= 15 is 0 Å². The number of carbonyl (C=O) groups excluding carboxylic acids is 1. The molecule has 0 aliphatic carbocycles. The SMILES string of the molecule is O=C(O)c1ccccc1CC(=O)N1CCN(c2ccc(Cl)cc2)CC1. The molecule has 3 rings (SSSR count). The Labute approximate surface area is 151 Å². The van der Waals surface area contributed by atoms with Crippen molar-refractivity contribution >= 4 is 29.2 Å². The Bertz CT molecular complexity index is 768. The molecule has 0 saturated carbocycles. The molecule has 1 amide bonds. The number of anilines is 1. The molecule has 1 fully saturated rings. The van der Waals surface area contributed by atoms with Gasteiger partial charge in [-0.05, 0) is 35.9 Å². The van der Waals surface area contributed by atoms with Crippen LogP contribution in [0.2, 0.25) is 5.02 Å². The maximum Gasteiger partial charge on any atom is 0.335 e. The van der Waals surface area contributed by atoms with Crippen LogP contribution in [-0.4, -0.2) is 48.1 Å². The number of rotatable bonds is 4. The number of nitrogens with zero attached hydrogens (tertiary/aromatic N) is 2. The van der Waals surface area contributed by atoms with Crippen LogP contribution in [0.4, 0.5) is 5.69 Å². The standard InChI is InChI=1S/C19H19ClN2O3/c20-15-5-7-16(8-6-15)21-9-11-22(12-10-21)18(23)13-14-3-1-2-4-17(14)19(24)25/h1-8H,9-13H2,(H,24,25). The van der Waals surface area contributed by atoms with Crippen molar-refractivity contribution < 1.29 is 14.7 Å². The Balaban J connectivity index is 1.60. The first-order chi connectivity index (χ1) is 12.0. The third-order valence-corrected chi connectivity index (χ3v) is 4.67. The minimum Gasteiger partial charge on any atom is -0.478 e. The Hall–Kier alpha value is -2.53. The first-order valence-corrected chi connectivity index (χ1v) is 8.52. The molecule has 0 unspecified atom stereocenters. The van der Waals surface area contributed by atoms with Crippen molar-refractivity contribution in [1.82, 2.24) is 4.90 Å². The summed E-state index contributed by atoms with van der Waals surface area (Å²) in [5, 5.41) is 9.93. The summed E-state index contributed by atoms with van der Waals surface area (Å²) < 4.78 is 0. The van der Waals surface area contributed by atoms with Crippen molar-refractivity contribution in [3.8, 4) is 0 Å². The number of carbonyl (C=O) groups is 2. The van der Waals surface area contributed by atoms with Crippen LogP contribution in [0.3, 0.4) is 0 Å². The second kappa shape index (κ2) is 7.57. The predicted molar refractivity (Wildman–Crippen MR) is 97.4 cm³/mol. The Morgan fingerprint density at radius 3 is 2.24 bits per heavy atom. The van der Waals surface area contributed by atoms with E-state index in [1.165, 1.54) is 6.07 Å². The van der Waals surface area contributed by atoms with Gasteiger partial charge in [-0.3, -0.25) is 4.79 Å². The third kappa shape index (κ3) is 4.12. The van der Waals surface area contributed by atoms with Crippen molar-refractivity contribution in [2.24, 2.45) is 0 Å². The van der Waals surface area contributed by atoms with Gasteiger partial charge in [0.2, 0.25) is 5.91 Å². The van der Waals surface area contributed by atoms with E-state index < -0.39 is 5.97 Å². The zero-order chi connectivity index (χ0) is 17.8. The average molecular weight is 359 g/mol. The summed E-state index contributed by atoms with van der Waals surface area (Å²) in [5.74, 6) is -1.04. The fraction of sp³-hybridized carbons (Fsp3) is 0.263. The van der Waals surface area contributed by atoms with Crippen LogP contribution in [-0.2, 0) is 11.2 Å². The lowest BCUT2D eigenvalue weighted by Crippen LogP contribution is -2.49. The van der Waals surface area contributed by atoms with Gasteiger partial charge in [0, 0.05) is 36.9 Å². The molecule has 5 nitrogen and oxygen atoms in total. The van der Waals surface area contributed by atoms with E-state index in [1.54, 1.807) is 23.1 Å². The summed E-state index contributed by atoms with van der Waals surface area (Å²) >= 11 is 5.91. The van der Waals surface area contributed by atoms with Gasteiger partial charge in [-0.1, -0.05) is 29.8 Å². The van der Waals surface area contributed by atoms with Gasteiger partial charge in [-0.25, -0.2) is 4.79 Å². The molecule has 2 aromatic rings. The summed E-state index contributed by atoms with van der Waals surface area (Å²) in [6.07, 6.45) is 0.115. The van der Waals surface area contributed by atoms with Crippen LogP contribution in [0.25, 0.3) is 0 Å². The molecule has 1 saturated heterocycles. The summed E-state index contributed by atoms with van der Waals surface area (Å²) in [6, 6.07) is 14.3. The number of aromatic carboxylic acids is 1. The van der Waals surface area contributed by atoms with Crippen molar-refractivity contribution in [3.05, 3.63) is 64.7 Å². The van der Waals surface area contributed by atoms with Crippen molar-refractivity contribution in [2.45, 2.75) is 6.42 Å². The minimum atomic E-state index is -1.00. The molecule has 0 atom stereocenters. The van der Waals surface area contributed by atoms with Gasteiger partial charge in [-0.2, -0.15) is 0 Å². The van der Waals surface area contributed by atoms with E-state index in [-0.39, 0.29) is 17.9 Å². The van der Waals surface area contributed by atoms with Crippen LogP contribution in [0, 0.1) is 0 Å². The van der Waals surface area contributed by atoms with Crippen LogP contribution in [0.1, 0.15) is 15.9 Å². The predicted octanol–water partition coefficient (Wildman–Crippen LogP) is 2.93. The molecule has 1 heterocycles. The fourth-order valence-corrected chi connectivity index (χ4v) is 3.15. The molecule has 25 heavy (non-hydrogen) atoms. The van der Waals surface area contributed by atoms with Crippen LogP contribution in [0.5, 0.6) is 0 Å². The van der Waals surface area contributed by atoms with Gasteiger partial charge >= 0.3 is 5.97 Å². The third-order valence-electron chi connectivity index (χ3n) is 4.41. The monoisotopic (exact) mass is 358 g/mol. The Morgan fingerprint density at radius 2 is 1.60 bits per heavy atom. The fourth-order valence-electron chi connectivity index (χ4n) is 3.02. The van der Waals surface area contributed by atoms with E-state index in [4.69, 9.17) is 11.6 Å². The number of carboxylic acid groups (broad SMARTS) is 1. The molecular weight excluding hydrogens is 340 g/mol. The lowest BCUT2D eigenvalue weighted by molar-refractivity contribution is -0.130. The molecular formula is C19H19ClN2O3. The topological polar surface area (TPSA) is 60.9 Å². The second-order valence-corrected chi connectivity index (χ2v) is 6.42. The van der Waals surface area contributed by atoms with E-state index in [1.807, 2.05) is 24.3 Å². The van der Waals surface area contributed by atoms with Gasteiger partial charge in [0.15, 0.2) is 0 Å². The lowest BCUT2D eigenvalue weighted by Gasteiger charge is -2.36. The maximum atomic E-state index is 12.5. The first kappa shape index (κ1) is 17.3. The normalized spacial score (nSPS) is 14.4. The molecule has 1 aliphatic rings. The molecule has 130 valence electrons. The van der Waals surface area contributed by atoms with Crippen LogP contribution in [0.15, 0.2) is 48.5 Å². The van der Waals surface area contributed by atoms with Gasteiger partial charge < -0.3 is 14.9 Å². The molecule has 0 bridgehead atoms. The van der Waals surface area contributed by atoms with E-state index in [2.05, 4.69) is 4.90 Å².